The molecule has 0 saturated heterocycles. The summed E-state index contributed by atoms with van der Waals surface area (Å²) in [5.74, 6) is -0.108. The van der Waals surface area contributed by atoms with E-state index < -0.39 is 10.0 Å². The molecule has 2 aromatic carbocycles. The minimum Gasteiger partial charge on any atom is -0.308 e. The summed E-state index contributed by atoms with van der Waals surface area (Å²) in [6.07, 6.45) is 1.99. The first-order valence-electron chi connectivity index (χ1n) is 7.73. The number of anilines is 2. The van der Waals surface area contributed by atoms with Crippen molar-refractivity contribution < 1.29 is 13.2 Å². The molecule has 0 aliphatic carbocycles. The maximum Gasteiger partial charge on any atom is 0.258 e. The molecule has 0 bridgehead atoms. The van der Waals surface area contributed by atoms with E-state index in [0.717, 1.165) is 29.5 Å². The van der Waals surface area contributed by atoms with Gasteiger partial charge in [0.15, 0.2) is 0 Å². The highest BCUT2D eigenvalue weighted by atomic mass is 32.2. The van der Waals surface area contributed by atoms with E-state index in [9.17, 15) is 13.2 Å². The van der Waals surface area contributed by atoms with Gasteiger partial charge in [0.1, 0.15) is 0 Å². The summed E-state index contributed by atoms with van der Waals surface area (Å²) in [6.45, 7) is 2.47. The van der Waals surface area contributed by atoms with Gasteiger partial charge < -0.3 is 4.90 Å². The molecule has 0 N–H and O–H groups in total. The van der Waals surface area contributed by atoms with Crippen molar-refractivity contribution in [1.82, 2.24) is 0 Å². The smallest absolute Gasteiger partial charge is 0.258 e. The summed E-state index contributed by atoms with van der Waals surface area (Å²) in [7, 11) is -1.88. The highest BCUT2D eigenvalue weighted by Gasteiger charge is 2.26. The van der Waals surface area contributed by atoms with Crippen LogP contribution < -0.4 is 9.21 Å². The number of amides is 1. The number of sulfonamides is 1. The monoisotopic (exact) mass is 344 g/mol. The second-order valence-electron chi connectivity index (χ2n) is 6.07. The maximum atomic E-state index is 12.9. The van der Waals surface area contributed by atoms with Gasteiger partial charge in [-0.1, -0.05) is 24.3 Å². The third kappa shape index (κ3) is 2.89. The van der Waals surface area contributed by atoms with Crippen molar-refractivity contribution in [3.05, 3.63) is 59.2 Å². The van der Waals surface area contributed by atoms with Crippen molar-refractivity contribution in [1.29, 1.82) is 0 Å². The third-order valence-electron chi connectivity index (χ3n) is 4.43. The average Bonchev–Trinajstić information content (AvgIpc) is 2.97. The molecule has 0 unspecified atom stereocenters. The number of aryl methyl sites for hydroxylation is 1. The highest BCUT2D eigenvalue weighted by molar-refractivity contribution is 7.92. The Morgan fingerprint density at radius 2 is 1.88 bits per heavy atom. The predicted octanol–water partition coefficient (Wildman–Crippen LogP) is 2.59. The maximum absolute atomic E-state index is 12.9. The van der Waals surface area contributed by atoms with Crippen LogP contribution in [-0.2, 0) is 16.4 Å². The van der Waals surface area contributed by atoms with Crippen LogP contribution >= 0.6 is 0 Å². The standard InChI is InChI=1S/C18H20N2O3S/c1-13-8-9-15(12-17(13)19(2)24(3,22)23)18(21)20-11-10-14-6-4-5-7-16(14)20/h4-9,12H,10-11H2,1-3H3. The Bertz CT molecular complexity index is 906. The fourth-order valence-electron chi connectivity index (χ4n) is 2.97. The molecule has 5 nitrogen and oxygen atoms in total. The quantitative estimate of drug-likeness (QED) is 0.860. The Kier molecular flexibility index (Phi) is 4.09. The van der Waals surface area contributed by atoms with Crippen molar-refractivity contribution in [2.24, 2.45) is 0 Å². The molecule has 1 aliphatic rings. The van der Waals surface area contributed by atoms with Gasteiger partial charge in [0, 0.05) is 24.8 Å². The minimum absolute atomic E-state index is 0.108. The van der Waals surface area contributed by atoms with Gasteiger partial charge in [0.2, 0.25) is 10.0 Å². The van der Waals surface area contributed by atoms with E-state index in [1.165, 1.54) is 11.4 Å². The molecular formula is C18H20N2O3S. The van der Waals surface area contributed by atoms with Crippen LogP contribution in [0.1, 0.15) is 21.5 Å². The van der Waals surface area contributed by atoms with Crippen LogP contribution in [0.3, 0.4) is 0 Å². The lowest BCUT2D eigenvalue weighted by Crippen LogP contribution is -2.30. The Morgan fingerprint density at radius 3 is 2.58 bits per heavy atom. The normalized spacial score (nSPS) is 13.7. The van der Waals surface area contributed by atoms with Crippen LogP contribution in [0.15, 0.2) is 42.5 Å². The van der Waals surface area contributed by atoms with Crippen molar-refractivity contribution in [2.75, 3.05) is 29.1 Å². The highest BCUT2D eigenvalue weighted by Crippen LogP contribution is 2.30. The summed E-state index contributed by atoms with van der Waals surface area (Å²) in [5, 5.41) is 0. The molecular weight excluding hydrogens is 324 g/mol. The zero-order chi connectivity index (χ0) is 17.5. The van der Waals surface area contributed by atoms with Crippen LogP contribution in [0.5, 0.6) is 0 Å². The molecule has 3 rings (SSSR count). The number of hydrogen-bond donors (Lipinski definition) is 0. The van der Waals surface area contributed by atoms with Crippen LogP contribution in [0.4, 0.5) is 11.4 Å². The largest absolute Gasteiger partial charge is 0.308 e. The van der Waals surface area contributed by atoms with Crippen LogP contribution in [-0.4, -0.2) is 34.2 Å². The second kappa shape index (κ2) is 5.94. The third-order valence-corrected chi connectivity index (χ3v) is 5.62. The van der Waals surface area contributed by atoms with Gasteiger partial charge in [-0.15, -0.1) is 0 Å². The molecule has 1 amide bonds. The van der Waals surface area contributed by atoms with Crippen molar-refractivity contribution in [2.45, 2.75) is 13.3 Å². The van der Waals surface area contributed by atoms with Gasteiger partial charge in [0.05, 0.1) is 11.9 Å². The molecule has 126 valence electrons. The van der Waals surface area contributed by atoms with Crippen LogP contribution in [0.2, 0.25) is 0 Å². The SMILES string of the molecule is Cc1ccc(C(=O)N2CCc3ccccc32)cc1N(C)S(C)(=O)=O. The molecule has 0 radical (unpaired) electrons. The van der Waals surface area contributed by atoms with E-state index in [1.807, 2.05) is 31.2 Å². The fourth-order valence-corrected chi connectivity index (χ4v) is 3.52. The van der Waals surface area contributed by atoms with Crippen molar-refractivity contribution in [3.63, 3.8) is 0 Å². The molecule has 24 heavy (non-hydrogen) atoms. The molecule has 0 atom stereocenters. The van der Waals surface area contributed by atoms with Crippen LogP contribution in [0, 0.1) is 6.92 Å². The van der Waals surface area contributed by atoms with Gasteiger partial charge in [-0.3, -0.25) is 9.10 Å². The lowest BCUT2D eigenvalue weighted by atomic mass is 10.1. The number of fused-ring (bicyclic) bond motifs is 1. The molecule has 0 fully saturated rings. The Labute approximate surface area is 142 Å². The lowest BCUT2D eigenvalue weighted by Gasteiger charge is -2.22. The van der Waals surface area contributed by atoms with Gasteiger partial charge in [-0.25, -0.2) is 8.42 Å². The first kappa shape index (κ1) is 16.5. The van der Waals surface area contributed by atoms with Gasteiger partial charge in [0.25, 0.3) is 5.91 Å². The molecule has 1 aliphatic heterocycles. The molecule has 2 aromatic rings. The minimum atomic E-state index is -3.38. The molecule has 0 spiro atoms. The summed E-state index contributed by atoms with van der Waals surface area (Å²) in [5.41, 5.74) is 3.91. The molecule has 1 heterocycles. The van der Waals surface area contributed by atoms with E-state index in [2.05, 4.69) is 0 Å². The van der Waals surface area contributed by atoms with E-state index in [0.29, 0.717) is 17.8 Å². The number of para-hydroxylation sites is 1. The Balaban J connectivity index is 1.98. The number of carbonyl (C=O) groups is 1. The average molecular weight is 344 g/mol. The summed E-state index contributed by atoms with van der Waals surface area (Å²) >= 11 is 0. The second-order valence-corrected chi connectivity index (χ2v) is 8.08. The number of carbonyl (C=O) groups excluding carboxylic acids is 1. The van der Waals surface area contributed by atoms with E-state index in [-0.39, 0.29) is 5.91 Å². The molecule has 0 aromatic heterocycles. The zero-order valence-corrected chi connectivity index (χ0v) is 14.8. The molecule has 6 heteroatoms. The first-order chi connectivity index (χ1) is 11.3. The van der Waals surface area contributed by atoms with Gasteiger partial charge >= 0.3 is 0 Å². The van der Waals surface area contributed by atoms with E-state index in [4.69, 9.17) is 0 Å². The predicted molar refractivity (Wildman–Crippen MR) is 96.2 cm³/mol. The number of benzene rings is 2. The summed E-state index contributed by atoms with van der Waals surface area (Å²) in [6, 6.07) is 13.0. The molecule has 0 saturated carbocycles. The van der Waals surface area contributed by atoms with Crippen LogP contribution in [0.25, 0.3) is 0 Å². The fraction of sp³-hybridized carbons (Fsp3) is 0.278. The Hall–Kier alpha value is -2.34. The topological polar surface area (TPSA) is 57.7 Å². The van der Waals surface area contributed by atoms with Crippen molar-refractivity contribution in [3.8, 4) is 0 Å². The summed E-state index contributed by atoms with van der Waals surface area (Å²) in [4.78, 5) is 14.7. The number of nitrogens with zero attached hydrogens (tertiary/aromatic N) is 2. The summed E-state index contributed by atoms with van der Waals surface area (Å²) < 4.78 is 24.8. The first-order valence-corrected chi connectivity index (χ1v) is 9.58. The Morgan fingerprint density at radius 1 is 1.17 bits per heavy atom. The van der Waals surface area contributed by atoms with E-state index >= 15 is 0 Å². The van der Waals surface area contributed by atoms with Gasteiger partial charge in [-0.05, 0) is 42.7 Å². The number of hydrogen-bond acceptors (Lipinski definition) is 3. The van der Waals surface area contributed by atoms with Crippen molar-refractivity contribution >= 4 is 27.3 Å². The lowest BCUT2D eigenvalue weighted by molar-refractivity contribution is 0.0989. The van der Waals surface area contributed by atoms with E-state index in [1.54, 1.807) is 23.1 Å². The van der Waals surface area contributed by atoms with Gasteiger partial charge in [-0.2, -0.15) is 0 Å². The number of rotatable bonds is 3. The zero-order valence-electron chi connectivity index (χ0n) is 14.0.